The van der Waals surface area contributed by atoms with Crippen molar-refractivity contribution in [1.82, 2.24) is 15.1 Å². The summed E-state index contributed by atoms with van der Waals surface area (Å²) in [6, 6.07) is 7.37. The maximum absolute atomic E-state index is 13.1. The van der Waals surface area contributed by atoms with Gasteiger partial charge in [-0.15, -0.1) is 0 Å². The molecule has 0 aliphatic carbocycles. The summed E-state index contributed by atoms with van der Waals surface area (Å²) in [5.41, 5.74) is 0.0984. The molecule has 2 saturated heterocycles. The molecule has 2 fully saturated rings. The molecule has 9 nitrogen and oxygen atoms in total. The fraction of sp³-hybridized carbons (Fsp3) is 0.611. The number of nitrogens with one attached hydrogen (secondary N) is 2. The van der Waals surface area contributed by atoms with E-state index in [-0.39, 0.29) is 32.2 Å². The van der Waals surface area contributed by atoms with Gasteiger partial charge in [-0.1, -0.05) is 23.7 Å². The number of hydrogen-bond donors (Lipinski definition) is 4. The van der Waals surface area contributed by atoms with Crippen LogP contribution in [0, 0.1) is 0 Å². The van der Waals surface area contributed by atoms with Crippen molar-refractivity contribution in [3.05, 3.63) is 34.9 Å². The smallest absolute Gasteiger partial charge is 0.278 e. The molecule has 162 valence electrons. The van der Waals surface area contributed by atoms with Crippen LogP contribution in [0.15, 0.2) is 24.3 Å². The first kappa shape index (κ1) is 22.4. The number of ether oxygens (including phenoxy) is 1. The van der Waals surface area contributed by atoms with Crippen LogP contribution in [-0.4, -0.2) is 72.1 Å². The molecule has 4 N–H and O–H groups in total. The van der Waals surface area contributed by atoms with Gasteiger partial charge in [0.25, 0.3) is 5.91 Å². The van der Waals surface area contributed by atoms with Crippen LogP contribution in [0.5, 0.6) is 0 Å². The molecule has 11 heteroatoms. The fourth-order valence-corrected chi connectivity index (χ4v) is 6.25. The van der Waals surface area contributed by atoms with Crippen molar-refractivity contribution in [2.24, 2.45) is 0 Å². The summed E-state index contributed by atoms with van der Waals surface area (Å²) in [5, 5.41) is 21.7. The van der Waals surface area contributed by atoms with Crippen molar-refractivity contribution < 1.29 is 28.3 Å². The van der Waals surface area contributed by atoms with Gasteiger partial charge in [0, 0.05) is 24.7 Å². The summed E-state index contributed by atoms with van der Waals surface area (Å²) in [6.07, 6.45) is 0.996. The Balaban J connectivity index is 1.61. The van der Waals surface area contributed by atoms with Gasteiger partial charge >= 0.3 is 0 Å². The van der Waals surface area contributed by atoms with Gasteiger partial charge in [-0.25, -0.2) is 18.2 Å². The zero-order valence-corrected chi connectivity index (χ0v) is 17.5. The first-order valence-corrected chi connectivity index (χ1v) is 11.4. The van der Waals surface area contributed by atoms with Gasteiger partial charge in [-0.3, -0.25) is 10.0 Å². The lowest BCUT2D eigenvalue weighted by molar-refractivity contribution is -0.150. The van der Waals surface area contributed by atoms with E-state index in [1.54, 1.807) is 6.07 Å². The maximum atomic E-state index is 13.1. The van der Waals surface area contributed by atoms with Crippen molar-refractivity contribution >= 4 is 27.5 Å². The molecule has 29 heavy (non-hydrogen) atoms. The third kappa shape index (κ3) is 4.91. The molecule has 0 spiro atoms. The van der Waals surface area contributed by atoms with Crippen LogP contribution in [-0.2, 0) is 26.2 Å². The second-order valence-corrected chi connectivity index (χ2v) is 9.96. The highest BCUT2D eigenvalue weighted by atomic mass is 35.5. The predicted molar refractivity (Wildman–Crippen MR) is 106 cm³/mol. The number of nitrogens with zero attached hydrogens (tertiary/aromatic N) is 1. The third-order valence-electron chi connectivity index (χ3n) is 5.50. The van der Waals surface area contributed by atoms with Crippen molar-refractivity contribution in [2.45, 2.75) is 42.8 Å². The van der Waals surface area contributed by atoms with E-state index in [0.717, 1.165) is 5.56 Å². The maximum Gasteiger partial charge on any atom is 0.278 e. The number of amides is 1. The van der Waals surface area contributed by atoms with Crippen LogP contribution < -0.4 is 10.8 Å². The van der Waals surface area contributed by atoms with E-state index in [4.69, 9.17) is 21.5 Å². The van der Waals surface area contributed by atoms with Crippen molar-refractivity contribution in [1.29, 1.82) is 0 Å². The molecule has 1 amide bonds. The molecule has 2 unspecified atom stereocenters. The molecule has 2 aliphatic rings. The Morgan fingerprint density at radius 3 is 2.72 bits per heavy atom. The number of carbonyl (C=O) groups is 1. The standard InChI is InChI=1S/C18H26ClN3O6S/c19-14-3-1-2-13(10-14)11-28-15-5-8-22(9-6-15)29(26,27)16-4-7-20-12-18(16,24)17(23)21-25/h1-3,10,15-16,20,24-25H,4-9,11-12H2,(H,21,23). The van der Waals surface area contributed by atoms with Gasteiger partial charge in [0.1, 0.15) is 5.25 Å². The molecule has 2 aliphatic heterocycles. The van der Waals surface area contributed by atoms with Crippen molar-refractivity contribution in [3.63, 3.8) is 0 Å². The van der Waals surface area contributed by atoms with Crippen molar-refractivity contribution in [3.8, 4) is 0 Å². The highest BCUT2D eigenvalue weighted by molar-refractivity contribution is 7.89. The number of hydroxylamine groups is 1. The van der Waals surface area contributed by atoms with Gasteiger partial charge in [0.2, 0.25) is 10.0 Å². The van der Waals surface area contributed by atoms with Crippen molar-refractivity contribution in [2.75, 3.05) is 26.2 Å². The second-order valence-electron chi connectivity index (χ2n) is 7.40. The topological polar surface area (TPSA) is 128 Å². The first-order chi connectivity index (χ1) is 13.8. The molecular weight excluding hydrogens is 422 g/mol. The summed E-state index contributed by atoms with van der Waals surface area (Å²) in [5.74, 6) is -1.13. The third-order valence-corrected chi connectivity index (χ3v) is 8.17. The van der Waals surface area contributed by atoms with Crippen LogP contribution in [0.2, 0.25) is 5.02 Å². The lowest BCUT2D eigenvalue weighted by Crippen LogP contribution is -2.67. The van der Waals surface area contributed by atoms with Crippen LogP contribution in [0.1, 0.15) is 24.8 Å². The number of hydrogen-bond acceptors (Lipinski definition) is 7. The zero-order chi connectivity index (χ0) is 21.1. The SMILES string of the molecule is O=C(NO)C1(O)CNCCC1S(=O)(=O)N1CCC(OCc2cccc(Cl)c2)CC1. The summed E-state index contributed by atoms with van der Waals surface area (Å²) in [6.45, 7) is 0.974. The minimum absolute atomic E-state index is 0.0669. The van der Waals surface area contributed by atoms with Crippen LogP contribution in [0.3, 0.4) is 0 Å². The highest BCUT2D eigenvalue weighted by Crippen LogP contribution is 2.29. The zero-order valence-electron chi connectivity index (χ0n) is 15.9. The Kier molecular flexibility index (Phi) is 7.15. The lowest BCUT2D eigenvalue weighted by Gasteiger charge is -2.41. The van der Waals surface area contributed by atoms with Gasteiger partial charge in [-0.05, 0) is 43.5 Å². The fourth-order valence-electron chi connectivity index (χ4n) is 3.86. The first-order valence-electron chi connectivity index (χ1n) is 9.50. The van der Waals surface area contributed by atoms with E-state index in [0.29, 0.717) is 31.0 Å². The molecule has 1 aromatic rings. The van der Waals surface area contributed by atoms with Gasteiger partial charge in [-0.2, -0.15) is 0 Å². The quantitative estimate of drug-likeness (QED) is 0.363. The van der Waals surface area contributed by atoms with E-state index < -0.39 is 26.8 Å². The number of aliphatic hydroxyl groups is 1. The molecule has 0 radical (unpaired) electrons. The number of carbonyl (C=O) groups excluding carboxylic acids is 1. The normalized spacial score (nSPS) is 26.9. The molecule has 0 saturated carbocycles. The molecule has 2 heterocycles. The highest BCUT2D eigenvalue weighted by Gasteiger charge is 2.53. The average molecular weight is 448 g/mol. The minimum Gasteiger partial charge on any atom is -0.377 e. The Morgan fingerprint density at radius 1 is 1.34 bits per heavy atom. The van der Waals surface area contributed by atoms with E-state index in [1.807, 2.05) is 18.2 Å². The number of rotatable bonds is 6. The van der Waals surface area contributed by atoms with E-state index in [9.17, 15) is 18.3 Å². The number of benzene rings is 1. The predicted octanol–water partition coefficient (Wildman–Crippen LogP) is 0.249. The number of β-amino-alcohol motifs (C(OH)–C–C–N with tert-alkyl or cyclic N) is 1. The van der Waals surface area contributed by atoms with Crippen LogP contribution >= 0.6 is 11.6 Å². The molecule has 3 rings (SSSR count). The molecule has 0 aromatic heterocycles. The monoisotopic (exact) mass is 447 g/mol. The molecule has 2 atom stereocenters. The average Bonchev–Trinajstić information content (AvgIpc) is 2.72. The summed E-state index contributed by atoms with van der Waals surface area (Å²) < 4.78 is 33.4. The summed E-state index contributed by atoms with van der Waals surface area (Å²) in [4.78, 5) is 12.0. The Morgan fingerprint density at radius 2 is 2.07 bits per heavy atom. The molecule has 1 aromatic carbocycles. The van der Waals surface area contributed by atoms with E-state index in [1.165, 1.54) is 9.79 Å². The summed E-state index contributed by atoms with van der Waals surface area (Å²) >= 11 is 5.97. The number of piperidine rings is 2. The Bertz CT molecular complexity index is 831. The van der Waals surface area contributed by atoms with Crippen LogP contribution in [0.25, 0.3) is 0 Å². The Labute approximate surface area is 175 Å². The van der Waals surface area contributed by atoms with Gasteiger partial charge in [0.05, 0.1) is 12.7 Å². The van der Waals surface area contributed by atoms with Gasteiger partial charge in [0.15, 0.2) is 5.60 Å². The van der Waals surface area contributed by atoms with Gasteiger partial charge < -0.3 is 15.2 Å². The second kappa shape index (κ2) is 9.25. The van der Waals surface area contributed by atoms with E-state index in [2.05, 4.69) is 5.32 Å². The molecule has 0 bridgehead atoms. The number of sulfonamides is 1. The summed E-state index contributed by atoms with van der Waals surface area (Å²) in [7, 11) is -3.95. The number of halogens is 1. The molecular formula is C18H26ClN3O6S. The lowest BCUT2D eigenvalue weighted by atomic mass is 9.93. The van der Waals surface area contributed by atoms with Crippen LogP contribution in [0.4, 0.5) is 0 Å². The minimum atomic E-state index is -3.95. The van der Waals surface area contributed by atoms with E-state index >= 15 is 0 Å². The largest absolute Gasteiger partial charge is 0.377 e. The Hall–Kier alpha value is -1.27.